The van der Waals surface area contributed by atoms with Gasteiger partial charge in [0.05, 0.1) is 19.1 Å². The van der Waals surface area contributed by atoms with Crippen LogP contribution in [0.3, 0.4) is 0 Å². The number of alkyl halides is 3. The number of ether oxygens (including phenoxy) is 1. The molecular weight excluding hydrogens is 219 g/mol. The summed E-state index contributed by atoms with van der Waals surface area (Å²) in [6, 6.07) is -0.722. The Morgan fingerprint density at radius 2 is 2.25 bits per heavy atom. The molecular formula is C11H18F3NO. The molecule has 1 rings (SSSR count). The van der Waals surface area contributed by atoms with Gasteiger partial charge in [-0.05, 0) is 31.9 Å². The van der Waals surface area contributed by atoms with Crippen molar-refractivity contribution in [1.82, 2.24) is 5.32 Å². The predicted molar refractivity (Wildman–Crippen MR) is 56.0 cm³/mol. The summed E-state index contributed by atoms with van der Waals surface area (Å²) in [5.74, 6) is 0.456. The first-order valence-corrected chi connectivity index (χ1v) is 5.66. The van der Waals surface area contributed by atoms with Crippen LogP contribution in [0.15, 0.2) is 11.8 Å². The molecule has 0 aromatic carbocycles. The molecule has 0 radical (unpaired) electrons. The number of rotatable bonds is 5. The molecule has 0 aromatic rings. The van der Waals surface area contributed by atoms with Gasteiger partial charge in [-0.25, -0.2) is 0 Å². The van der Waals surface area contributed by atoms with Gasteiger partial charge >= 0.3 is 6.18 Å². The van der Waals surface area contributed by atoms with Crippen molar-refractivity contribution in [1.29, 1.82) is 0 Å². The second-order valence-corrected chi connectivity index (χ2v) is 3.92. The molecule has 0 spiro atoms. The van der Waals surface area contributed by atoms with Crippen LogP contribution < -0.4 is 5.32 Å². The molecule has 0 saturated heterocycles. The summed E-state index contributed by atoms with van der Waals surface area (Å²) in [4.78, 5) is 0. The first-order chi connectivity index (χ1) is 7.53. The zero-order valence-corrected chi connectivity index (χ0v) is 9.44. The standard InChI is InChI=1S/C11H18F3NO/c1-2-6-15-9(8-11(12,13)14)10-5-3-4-7-16-10/h5,9,15H,2-4,6-8H2,1H3. The molecule has 5 heteroatoms. The Kier molecular flexibility index (Phi) is 5.12. The van der Waals surface area contributed by atoms with Crippen molar-refractivity contribution in [2.75, 3.05) is 13.2 Å². The van der Waals surface area contributed by atoms with Crippen LogP contribution in [0.1, 0.15) is 32.6 Å². The molecule has 1 heterocycles. The van der Waals surface area contributed by atoms with E-state index in [1.807, 2.05) is 6.92 Å². The SMILES string of the molecule is CCCNC(CC(F)(F)F)C1=CCCCO1. The molecule has 0 aromatic heterocycles. The lowest BCUT2D eigenvalue weighted by Gasteiger charge is -2.25. The molecule has 0 fully saturated rings. The van der Waals surface area contributed by atoms with Crippen molar-refractivity contribution in [3.8, 4) is 0 Å². The highest BCUT2D eigenvalue weighted by Crippen LogP contribution is 2.26. The Morgan fingerprint density at radius 1 is 1.50 bits per heavy atom. The van der Waals surface area contributed by atoms with E-state index in [0.29, 0.717) is 18.9 Å². The summed E-state index contributed by atoms with van der Waals surface area (Å²) in [6.07, 6.45) is -0.760. The first-order valence-electron chi connectivity index (χ1n) is 5.66. The van der Waals surface area contributed by atoms with Gasteiger partial charge in [0.1, 0.15) is 5.76 Å². The zero-order valence-electron chi connectivity index (χ0n) is 9.44. The van der Waals surface area contributed by atoms with Gasteiger partial charge in [-0.2, -0.15) is 13.2 Å². The minimum atomic E-state index is -4.16. The van der Waals surface area contributed by atoms with E-state index in [2.05, 4.69) is 5.32 Å². The van der Waals surface area contributed by atoms with Crippen molar-refractivity contribution in [2.45, 2.75) is 44.8 Å². The molecule has 1 atom stereocenters. The quantitative estimate of drug-likeness (QED) is 0.793. The highest BCUT2D eigenvalue weighted by molar-refractivity contribution is 5.06. The molecule has 1 aliphatic heterocycles. The minimum absolute atomic E-state index is 0.456. The molecule has 1 unspecified atom stereocenters. The van der Waals surface area contributed by atoms with Crippen LogP contribution in [0.4, 0.5) is 13.2 Å². The van der Waals surface area contributed by atoms with Crippen LogP contribution in [0.5, 0.6) is 0 Å². The monoisotopic (exact) mass is 237 g/mol. The molecule has 1 N–H and O–H groups in total. The molecule has 0 bridgehead atoms. The van der Waals surface area contributed by atoms with E-state index in [4.69, 9.17) is 4.74 Å². The van der Waals surface area contributed by atoms with E-state index in [9.17, 15) is 13.2 Å². The minimum Gasteiger partial charge on any atom is -0.497 e. The van der Waals surface area contributed by atoms with Crippen LogP contribution in [-0.4, -0.2) is 25.4 Å². The summed E-state index contributed by atoms with van der Waals surface area (Å²) in [6.45, 7) is 3.02. The summed E-state index contributed by atoms with van der Waals surface area (Å²) >= 11 is 0. The molecule has 0 amide bonds. The van der Waals surface area contributed by atoms with Gasteiger partial charge < -0.3 is 10.1 Å². The van der Waals surface area contributed by atoms with Crippen molar-refractivity contribution in [3.05, 3.63) is 11.8 Å². The largest absolute Gasteiger partial charge is 0.497 e. The third-order valence-electron chi connectivity index (χ3n) is 2.38. The van der Waals surface area contributed by atoms with E-state index in [0.717, 1.165) is 19.3 Å². The Balaban J connectivity index is 2.58. The van der Waals surface area contributed by atoms with Crippen LogP contribution in [0, 0.1) is 0 Å². The van der Waals surface area contributed by atoms with Gasteiger partial charge in [0.15, 0.2) is 0 Å². The zero-order chi connectivity index (χ0) is 12.0. The summed E-state index contributed by atoms with van der Waals surface area (Å²) in [7, 11) is 0. The van der Waals surface area contributed by atoms with Gasteiger partial charge in [0, 0.05) is 0 Å². The lowest BCUT2D eigenvalue weighted by molar-refractivity contribution is -0.140. The summed E-state index contributed by atoms with van der Waals surface area (Å²) in [5, 5.41) is 2.88. The molecule has 1 aliphatic rings. The van der Waals surface area contributed by atoms with E-state index in [1.54, 1.807) is 6.08 Å². The van der Waals surface area contributed by atoms with Gasteiger partial charge in [-0.1, -0.05) is 6.92 Å². The maximum atomic E-state index is 12.4. The fourth-order valence-corrected chi connectivity index (χ4v) is 1.64. The second-order valence-electron chi connectivity index (χ2n) is 3.92. The molecule has 16 heavy (non-hydrogen) atoms. The number of hydrogen-bond acceptors (Lipinski definition) is 2. The van der Waals surface area contributed by atoms with E-state index in [1.165, 1.54) is 0 Å². The van der Waals surface area contributed by atoms with Crippen LogP contribution in [-0.2, 0) is 4.74 Å². The third-order valence-corrected chi connectivity index (χ3v) is 2.38. The lowest BCUT2D eigenvalue weighted by atomic mass is 10.1. The first kappa shape index (κ1) is 13.4. The lowest BCUT2D eigenvalue weighted by Crippen LogP contribution is -2.37. The van der Waals surface area contributed by atoms with Crippen molar-refractivity contribution < 1.29 is 17.9 Å². The third kappa shape index (κ3) is 4.88. The van der Waals surface area contributed by atoms with E-state index in [-0.39, 0.29) is 0 Å². The maximum Gasteiger partial charge on any atom is 0.391 e. The number of hydrogen-bond donors (Lipinski definition) is 1. The Labute approximate surface area is 93.9 Å². The van der Waals surface area contributed by atoms with Crippen LogP contribution >= 0.6 is 0 Å². The fraction of sp³-hybridized carbons (Fsp3) is 0.818. The number of nitrogens with one attached hydrogen (secondary N) is 1. The second kappa shape index (κ2) is 6.13. The van der Waals surface area contributed by atoms with Gasteiger partial charge in [0.25, 0.3) is 0 Å². The smallest absolute Gasteiger partial charge is 0.391 e. The molecule has 94 valence electrons. The molecule has 0 saturated carbocycles. The van der Waals surface area contributed by atoms with Crippen molar-refractivity contribution >= 4 is 0 Å². The van der Waals surface area contributed by atoms with Crippen molar-refractivity contribution in [2.24, 2.45) is 0 Å². The Bertz CT molecular complexity index is 238. The summed E-state index contributed by atoms with van der Waals surface area (Å²) in [5.41, 5.74) is 0. The molecule has 2 nitrogen and oxygen atoms in total. The topological polar surface area (TPSA) is 21.3 Å². The highest BCUT2D eigenvalue weighted by Gasteiger charge is 2.34. The van der Waals surface area contributed by atoms with Crippen LogP contribution in [0.2, 0.25) is 0 Å². The van der Waals surface area contributed by atoms with Gasteiger partial charge in [-0.15, -0.1) is 0 Å². The average molecular weight is 237 g/mol. The van der Waals surface area contributed by atoms with Crippen molar-refractivity contribution in [3.63, 3.8) is 0 Å². The number of allylic oxidation sites excluding steroid dienone is 1. The van der Waals surface area contributed by atoms with E-state index >= 15 is 0 Å². The summed E-state index contributed by atoms with van der Waals surface area (Å²) < 4.78 is 42.4. The maximum absolute atomic E-state index is 12.4. The fourth-order valence-electron chi connectivity index (χ4n) is 1.64. The Morgan fingerprint density at radius 3 is 2.75 bits per heavy atom. The molecule has 0 aliphatic carbocycles. The number of halogens is 3. The predicted octanol–water partition coefficient (Wildman–Crippen LogP) is 3.00. The Hall–Kier alpha value is -0.710. The average Bonchev–Trinajstić information content (AvgIpc) is 2.24. The van der Waals surface area contributed by atoms with Crippen LogP contribution in [0.25, 0.3) is 0 Å². The normalized spacial score (nSPS) is 18.9. The van der Waals surface area contributed by atoms with Gasteiger partial charge in [0.2, 0.25) is 0 Å². The van der Waals surface area contributed by atoms with E-state index < -0.39 is 18.6 Å². The highest BCUT2D eigenvalue weighted by atomic mass is 19.4. The van der Waals surface area contributed by atoms with Gasteiger partial charge in [-0.3, -0.25) is 0 Å².